The molecule has 0 aliphatic carbocycles. The lowest BCUT2D eigenvalue weighted by molar-refractivity contribution is 0.247. The highest BCUT2D eigenvalue weighted by Crippen LogP contribution is 2.27. The number of phenols is 1. The van der Waals surface area contributed by atoms with Crippen molar-refractivity contribution in [3.63, 3.8) is 0 Å². The van der Waals surface area contributed by atoms with E-state index in [4.69, 9.17) is 4.98 Å². The number of aromatic nitrogens is 1. The van der Waals surface area contributed by atoms with Gasteiger partial charge in [0, 0.05) is 49.4 Å². The number of hydrogen-bond donors (Lipinski definition) is 1. The van der Waals surface area contributed by atoms with E-state index in [-0.39, 0.29) is 0 Å². The highest BCUT2D eigenvalue weighted by molar-refractivity contribution is 7.13. The zero-order chi connectivity index (χ0) is 19.5. The molecular weight excluding hydrogens is 366 g/mol. The molecule has 0 radical (unpaired) electrons. The predicted octanol–water partition coefficient (Wildman–Crippen LogP) is 4.96. The summed E-state index contributed by atoms with van der Waals surface area (Å²) in [5, 5.41) is 12.7. The van der Waals surface area contributed by atoms with E-state index in [2.05, 4.69) is 53.3 Å². The number of benzene rings is 2. The summed E-state index contributed by atoms with van der Waals surface area (Å²) in [7, 11) is 0. The van der Waals surface area contributed by atoms with Crippen LogP contribution >= 0.6 is 11.3 Å². The average Bonchev–Trinajstić information content (AvgIpc) is 3.18. The molecule has 0 atom stereocenters. The van der Waals surface area contributed by atoms with Crippen molar-refractivity contribution in [3.8, 4) is 16.3 Å². The molecule has 1 aromatic heterocycles. The van der Waals surface area contributed by atoms with Gasteiger partial charge < -0.3 is 10.0 Å². The minimum Gasteiger partial charge on any atom is -0.508 e. The average molecular weight is 394 g/mol. The Hall–Kier alpha value is -2.37. The molecule has 0 spiro atoms. The molecule has 1 aliphatic rings. The highest BCUT2D eigenvalue weighted by atomic mass is 32.1. The van der Waals surface area contributed by atoms with E-state index >= 15 is 0 Å². The number of aromatic hydroxyl groups is 1. The Balaban J connectivity index is 1.34. The molecule has 28 heavy (non-hydrogen) atoms. The van der Waals surface area contributed by atoms with Crippen molar-refractivity contribution < 1.29 is 5.11 Å². The maximum absolute atomic E-state index is 9.45. The molecule has 0 saturated carbocycles. The lowest BCUT2D eigenvalue weighted by Crippen LogP contribution is -2.46. The normalized spacial score (nSPS) is 15.3. The van der Waals surface area contributed by atoms with Crippen molar-refractivity contribution in [3.05, 3.63) is 65.2 Å². The minimum absolute atomic E-state index is 0.320. The molecule has 2 aromatic carbocycles. The number of rotatable bonds is 5. The van der Waals surface area contributed by atoms with Gasteiger partial charge in [-0.1, -0.05) is 38.1 Å². The first-order chi connectivity index (χ1) is 13.6. The maximum Gasteiger partial charge on any atom is 0.123 e. The third kappa shape index (κ3) is 4.37. The third-order valence-corrected chi connectivity index (χ3v) is 6.29. The molecule has 0 bridgehead atoms. The second-order valence-corrected chi connectivity index (χ2v) is 8.56. The van der Waals surface area contributed by atoms with Crippen molar-refractivity contribution in [2.45, 2.75) is 26.3 Å². The van der Waals surface area contributed by atoms with Crippen LogP contribution in [0.3, 0.4) is 0 Å². The largest absolute Gasteiger partial charge is 0.508 e. The molecule has 1 aliphatic heterocycles. The summed E-state index contributed by atoms with van der Waals surface area (Å²) in [6.07, 6.45) is 0. The van der Waals surface area contributed by atoms with Gasteiger partial charge >= 0.3 is 0 Å². The van der Waals surface area contributed by atoms with E-state index in [1.807, 2.05) is 12.1 Å². The van der Waals surface area contributed by atoms with Crippen LogP contribution in [0.4, 0.5) is 5.69 Å². The molecule has 4 rings (SSSR count). The SMILES string of the molecule is CC(C)c1ccc(-c2nc(CN3CCN(c4ccc(O)cc4)CC3)cs2)cc1. The Morgan fingerprint density at radius 3 is 2.29 bits per heavy atom. The Morgan fingerprint density at radius 1 is 0.964 bits per heavy atom. The quantitative estimate of drug-likeness (QED) is 0.665. The smallest absolute Gasteiger partial charge is 0.123 e. The van der Waals surface area contributed by atoms with Gasteiger partial charge in [-0.15, -0.1) is 11.3 Å². The summed E-state index contributed by atoms with van der Waals surface area (Å²) >= 11 is 1.73. The molecule has 2 heterocycles. The van der Waals surface area contributed by atoms with Crippen LogP contribution in [0.25, 0.3) is 10.6 Å². The standard InChI is InChI=1S/C23H27N3OS/c1-17(2)18-3-5-19(6-4-18)23-24-20(16-28-23)15-25-11-13-26(14-12-25)21-7-9-22(27)10-8-21/h3-10,16-17,27H,11-15H2,1-2H3. The van der Waals surface area contributed by atoms with Crippen LogP contribution in [0.1, 0.15) is 31.0 Å². The fourth-order valence-electron chi connectivity index (χ4n) is 3.58. The molecule has 5 heteroatoms. The van der Waals surface area contributed by atoms with Gasteiger partial charge in [-0.2, -0.15) is 0 Å². The fraction of sp³-hybridized carbons (Fsp3) is 0.348. The van der Waals surface area contributed by atoms with Crippen LogP contribution < -0.4 is 4.90 Å². The molecule has 3 aromatic rings. The van der Waals surface area contributed by atoms with E-state index in [0.717, 1.165) is 43.4 Å². The monoisotopic (exact) mass is 393 g/mol. The lowest BCUT2D eigenvalue weighted by atomic mass is 10.0. The minimum atomic E-state index is 0.320. The molecule has 146 valence electrons. The van der Waals surface area contributed by atoms with Crippen LogP contribution in [0.5, 0.6) is 5.75 Å². The summed E-state index contributed by atoms with van der Waals surface area (Å²) in [5.74, 6) is 0.877. The van der Waals surface area contributed by atoms with Crippen molar-refractivity contribution in [2.24, 2.45) is 0 Å². The van der Waals surface area contributed by atoms with E-state index in [9.17, 15) is 5.11 Å². The molecule has 1 fully saturated rings. The molecule has 1 N–H and O–H groups in total. The van der Waals surface area contributed by atoms with Crippen molar-refractivity contribution in [1.29, 1.82) is 0 Å². The zero-order valence-corrected chi connectivity index (χ0v) is 17.3. The van der Waals surface area contributed by atoms with Crippen molar-refractivity contribution >= 4 is 17.0 Å². The lowest BCUT2D eigenvalue weighted by Gasteiger charge is -2.35. The van der Waals surface area contributed by atoms with Crippen molar-refractivity contribution in [2.75, 3.05) is 31.1 Å². The highest BCUT2D eigenvalue weighted by Gasteiger charge is 2.18. The number of thiazole rings is 1. The Bertz CT molecular complexity index is 894. The number of piperazine rings is 1. The van der Waals surface area contributed by atoms with Gasteiger partial charge in [0.25, 0.3) is 0 Å². The van der Waals surface area contributed by atoms with Crippen LogP contribution in [0.2, 0.25) is 0 Å². The molecule has 4 nitrogen and oxygen atoms in total. The molecule has 0 unspecified atom stereocenters. The molecule has 0 amide bonds. The Labute approximate surface area is 171 Å². The second kappa shape index (κ2) is 8.33. The van der Waals surface area contributed by atoms with Crippen molar-refractivity contribution in [1.82, 2.24) is 9.88 Å². The van der Waals surface area contributed by atoms with Gasteiger partial charge in [0.2, 0.25) is 0 Å². The summed E-state index contributed by atoms with van der Waals surface area (Å²) in [6, 6.07) is 16.3. The fourth-order valence-corrected chi connectivity index (χ4v) is 4.40. The maximum atomic E-state index is 9.45. The number of hydrogen-bond acceptors (Lipinski definition) is 5. The van der Waals surface area contributed by atoms with Crippen LogP contribution in [-0.2, 0) is 6.54 Å². The van der Waals surface area contributed by atoms with Crippen LogP contribution in [0, 0.1) is 0 Å². The van der Waals surface area contributed by atoms with Gasteiger partial charge in [0.1, 0.15) is 10.8 Å². The summed E-state index contributed by atoms with van der Waals surface area (Å²) in [6.45, 7) is 9.39. The van der Waals surface area contributed by atoms with E-state index in [0.29, 0.717) is 11.7 Å². The van der Waals surface area contributed by atoms with Gasteiger partial charge in [-0.3, -0.25) is 4.90 Å². The van der Waals surface area contributed by atoms with Crippen LogP contribution in [0.15, 0.2) is 53.9 Å². The van der Waals surface area contributed by atoms with E-state index in [1.165, 1.54) is 16.8 Å². The van der Waals surface area contributed by atoms with Gasteiger partial charge in [-0.05, 0) is 35.7 Å². The first-order valence-corrected chi connectivity index (χ1v) is 10.8. The first-order valence-electron chi connectivity index (χ1n) is 9.89. The summed E-state index contributed by atoms with van der Waals surface area (Å²) in [5.41, 5.74) is 4.91. The first kappa shape index (κ1) is 19.0. The summed E-state index contributed by atoms with van der Waals surface area (Å²) < 4.78 is 0. The second-order valence-electron chi connectivity index (χ2n) is 7.70. The van der Waals surface area contributed by atoms with E-state index in [1.54, 1.807) is 23.5 Å². The van der Waals surface area contributed by atoms with Gasteiger partial charge in [0.15, 0.2) is 0 Å². The topological polar surface area (TPSA) is 39.6 Å². The number of phenolic OH excluding ortho intramolecular Hbond substituents is 1. The Morgan fingerprint density at radius 2 is 1.64 bits per heavy atom. The number of anilines is 1. The van der Waals surface area contributed by atoms with Crippen LogP contribution in [-0.4, -0.2) is 41.2 Å². The van der Waals surface area contributed by atoms with E-state index < -0.39 is 0 Å². The van der Waals surface area contributed by atoms with Gasteiger partial charge in [0.05, 0.1) is 5.69 Å². The number of nitrogens with zero attached hydrogens (tertiary/aromatic N) is 3. The molecular formula is C23H27N3OS. The third-order valence-electron chi connectivity index (χ3n) is 5.35. The van der Waals surface area contributed by atoms with Gasteiger partial charge in [-0.25, -0.2) is 4.98 Å². The zero-order valence-electron chi connectivity index (χ0n) is 16.5. The predicted molar refractivity (Wildman–Crippen MR) is 117 cm³/mol. The Kier molecular flexibility index (Phi) is 5.64. The molecule has 1 saturated heterocycles. The summed E-state index contributed by atoms with van der Waals surface area (Å²) in [4.78, 5) is 9.72.